The lowest BCUT2D eigenvalue weighted by Gasteiger charge is -2.09. The number of ether oxygens (including phenoxy) is 3. The van der Waals surface area contributed by atoms with Crippen LogP contribution >= 0.6 is 11.6 Å². The maximum atomic E-state index is 5.80. The molecular weight excluding hydrogens is 228 g/mol. The summed E-state index contributed by atoms with van der Waals surface area (Å²) in [5.74, 6) is 1.27. The molecule has 0 aromatic heterocycles. The Hall–Kier alpha value is -0.770. The first-order chi connectivity index (χ1) is 7.77. The molecule has 0 N–H and O–H groups in total. The minimum Gasteiger partial charge on any atom is -0.468 e. The Morgan fingerprint density at radius 1 is 1.25 bits per heavy atom. The van der Waals surface area contributed by atoms with E-state index in [-0.39, 0.29) is 6.79 Å². The van der Waals surface area contributed by atoms with Crippen LogP contribution in [-0.4, -0.2) is 27.1 Å². The Bertz CT molecular complexity index is 315. The molecule has 1 aromatic carbocycles. The van der Waals surface area contributed by atoms with Crippen molar-refractivity contribution in [2.75, 3.05) is 27.1 Å². The second-order valence-electron chi connectivity index (χ2n) is 3.39. The smallest absolute Gasteiger partial charge is 0.189 e. The fraction of sp³-hybridized carbons (Fsp3) is 0.500. The van der Waals surface area contributed by atoms with E-state index >= 15 is 0 Å². The minimum absolute atomic E-state index is 0.230. The summed E-state index contributed by atoms with van der Waals surface area (Å²) in [5.41, 5.74) is 2.25. The average Bonchev–Trinajstić information content (AvgIpc) is 2.31. The molecular formula is C12H17ClO3. The van der Waals surface area contributed by atoms with E-state index in [2.05, 4.69) is 0 Å². The van der Waals surface area contributed by atoms with Crippen molar-refractivity contribution in [1.29, 1.82) is 0 Å². The summed E-state index contributed by atoms with van der Waals surface area (Å²) in [6, 6.07) is 5.83. The van der Waals surface area contributed by atoms with Gasteiger partial charge in [0.15, 0.2) is 6.79 Å². The number of halogens is 1. The van der Waals surface area contributed by atoms with Gasteiger partial charge in [-0.1, -0.05) is 6.07 Å². The summed E-state index contributed by atoms with van der Waals surface area (Å²) < 4.78 is 15.5. The molecule has 0 unspecified atom stereocenters. The van der Waals surface area contributed by atoms with E-state index in [9.17, 15) is 0 Å². The average molecular weight is 245 g/mol. The first-order valence-corrected chi connectivity index (χ1v) is 5.66. The van der Waals surface area contributed by atoms with Crippen LogP contribution in [0.3, 0.4) is 0 Å². The number of rotatable bonds is 7. The molecule has 90 valence electrons. The first kappa shape index (κ1) is 13.3. The molecule has 0 spiro atoms. The van der Waals surface area contributed by atoms with E-state index < -0.39 is 0 Å². The molecule has 0 heterocycles. The van der Waals surface area contributed by atoms with Crippen molar-refractivity contribution in [3.63, 3.8) is 0 Å². The molecule has 1 aromatic rings. The lowest BCUT2D eigenvalue weighted by Crippen LogP contribution is -2.07. The number of hydrogen-bond donors (Lipinski definition) is 0. The van der Waals surface area contributed by atoms with Gasteiger partial charge >= 0.3 is 0 Å². The highest BCUT2D eigenvalue weighted by atomic mass is 35.5. The fourth-order valence-corrected chi connectivity index (χ4v) is 1.48. The number of benzene rings is 1. The molecule has 0 atom stereocenters. The van der Waals surface area contributed by atoms with Crippen LogP contribution in [0, 0.1) is 6.92 Å². The Labute approximate surface area is 101 Å². The molecule has 0 saturated heterocycles. The summed E-state index contributed by atoms with van der Waals surface area (Å²) in [5, 5.41) is 0. The molecule has 0 bridgehead atoms. The van der Waals surface area contributed by atoms with Gasteiger partial charge in [0.2, 0.25) is 0 Å². The Balaban J connectivity index is 2.36. The third-order valence-corrected chi connectivity index (χ3v) is 2.49. The van der Waals surface area contributed by atoms with Crippen LogP contribution in [0.15, 0.2) is 18.2 Å². The van der Waals surface area contributed by atoms with Gasteiger partial charge in [0.1, 0.15) is 5.75 Å². The second kappa shape index (κ2) is 7.49. The molecule has 0 aliphatic carbocycles. The van der Waals surface area contributed by atoms with Crippen molar-refractivity contribution < 1.29 is 14.2 Å². The van der Waals surface area contributed by atoms with Gasteiger partial charge in [-0.25, -0.2) is 0 Å². The molecule has 3 nitrogen and oxygen atoms in total. The third-order valence-electron chi connectivity index (χ3n) is 2.21. The zero-order chi connectivity index (χ0) is 11.8. The number of methoxy groups -OCH3 is 1. The summed E-state index contributed by atoms with van der Waals surface area (Å²) in [6.07, 6.45) is 0. The van der Waals surface area contributed by atoms with Gasteiger partial charge in [-0.05, 0) is 30.2 Å². The van der Waals surface area contributed by atoms with Crippen LogP contribution in [-0.2, 0) is 15.4 Å². The van der Waals surface area contributed by atoms with Gasteiger partial charge in [-0.15, -0.1) is 11.6 Å². The number of alkyl halides is 1. The van der Waals surface area contributed by atoms with Crippen molar-refractivity contribution in [1.82, 2.24) is 0 Å². The highest BCUT2D eigenvalue weighted by Gasteiger charge is 2.00. The standard InChI is InChI=1S/C12H17ClO3/c1-10-3-4-12(7-11(10)8-13)16-9-15-6-5-14-2/h3-4,7H,5-6,8-9H2,1-2H3. The van der Waals surface area contributed by atoms with Crippen LogP contribution < -0.4 is 4.74 Å². The molecule has 0 fully saturated rings. The van der Waals surface area contributed by atoms with E-state index in [4.69, 9.17) is 25.8 Å². The van der Waals surface area contributed by atoms with E-state index in [1.807, 2.05) is 25.1 Å². The molecule has 0 aliphatic heterocycles. The topological polar surface area (TPSA) is 27.7 Å². The van der Waals surface area contributed by atoms with Crippen LogP contribution in [0.4, 0.5) is 0 Å². The normalized spacial score (nSPS) is 10.4. The van der Waals surface area contributed by atoms with Gasteiger partial charge < -0.3 is 14.2 Å². The highest BCUT2D eigenvalue weighted by molar-refractivity contribution is 6.17. The minimum atomic E-state index is 0.230. The zero-order valence-corrected chi connectivity index (χ0v) is 10.4. The molecule has 0 aliphatic rings. The predicted molar refractivity (Wildman–Crippen MR) is 64.1 cm³/mol. The van der Waals surface area contributed by atoms with Crippen molar-refractivity contribution in [3.8, 4) is 5.75 Å². The number of aryl methyl sites for hydroxylation is 1. The van der Waals surface area contributed by atoms with Crippen LogP contribution in [0.25, 0.3) is 0 Å². The SMILES string of the molecule is COCCOCOc1ccc(C)c(CCl)c1. The Kier molecular flexibility index (Phi) is 6.23. The van der Waals surface area contributed by atoms with Gasteiger partial charge in [0.05, 0.1) is 13.2 Å². The molecule has 0 amide bonds. The van der Waals surface area contributed by atoms with Crippen LogP contribution in [0.2, 0.25) is 0 Å². The summed E-state index contributed by atoms with van der Waals surface area (Å²) in [4.78, 5) is 0. The maximum Gasteiger partial charge on any atom is 0.189 e. The van der Waals surface area contributed by atoms with E-state index in [0.717, 1.165) is 11.3 Å². The fourth-order valence-electron chi connectivity index (χ4n) is 1.19. The molecule has 0 radical (unpaired) electrons. The van der Waals surface area contributed by atoms with Crippen molar-refractivity contribution in [3.05, 3.63) is 29.3 Å². The molecule has 0 saturated carbocycles. The van der Waals surface area contributed by atoms with Gasteiger partial charge in [-0.3, -0.25) is 0 Å². The quantitative estimate of drug-likeness (QED) is 0.419. The van der Waals surface area contributed by atoms with Crippen molar-refractivity contribution in [2.45, 2.75) is 12.8 Å². The van der Waals surface area contributed by atoms with E-state index in [1.165, 1.54) is 5.56 Å². The molecule has 16 heavy (non-hydrogen) atoms. The van der Waals surface area contributed by atoms with E-state index in [0.29, 0.717) is 19.1 Å². The Morgan fingerprint density at radius 3 is 2.75 bits per heavy atom. The molecule has 1 rings (SSSR count). The second-order valence-corrected chi connectivity index (χ2v) is 3.65. The predicted octanol–water partition coefficient (Wildman–Crippen LogP) is 2.73. The Morgan fingerprint density at radius 2 is 2.06 bits per heavy atom. The van der Waals surface area contributed by atoms with Gasteiger partial charge in [0, 0.05) is 13.0 Å². The van der Waals surface area contributed by atoms with E-state index in [1.54, 1.807) is 7.11 Å². The monoisotopic (exact) mass is 244 g/mol. The summed E-state index contributed by atoms with van der Waals surface area (Å²) >= 11 is 5.80. The maximum absolute atomic E-state index is 5.80. The lowest BCUT2D eigenvalue weighted by molar-refractivity contribution is -0.00849. The lowest BCUT2D eigenvalue weighted by atomic mass is 10.1. The van der Waals surface area contributed by atoms with Crippen molar-refractivity contribution in [2.24, 2.45) is 0 Å². The van der Waals surface area contributed by atoms with Gasteiger partial charge in [-0.2, -0.15) is 0 Å². The van der Waals surface area contributed by atoms with Crippen molar-refractivity contribution >= 4 is 11.6 Å². The third kappa shape index (κ3) is 4.39. The van der Waals surface area contributed by atoms with Crippen LogP contribution in [0.1, 0.15) is 11.1 Å². The summed E-state index contributed by atoms with van der Waals surface area (Å²) in [7, 11) is 1.64. The van der Waals surface area contributed by atoms with Gasteiger partial charge in [0.25, 0.3) is 0 Å². The summed E-state index contributed by atoms with van der Waals surface area (Å²) in [6.45, 7) is 3.36. The highest BCUT2D eigenvalue weighted by Crippen LogP contribution is 2.18. The number of hydrogen-bond acceptors (Lipinski definition) is 3. The largest absolute Gasteiger partial charge is 0.468 e. The first-order valence-electron chi connectivity index (χ1n) is 5.13. The van der Waals surface area contributed by atoms with Crippen LogP contribution in [0.5, 0.6) is 5.75 Å². The molecule has 4 heteroatoms. The zero-order valence-electron chi connectivity index (χ0n) is 9.66.